The second-order valence-electron chi connectivity index (χ2n) is 6.59. The Bertz CT molecular complexity index is 832. The average molecular weight is 447 g/mol. The van der Waals surface area contributed by atoms with Crippen molar-refractivity contribution in [3.05, 3.63) is 54.4 Å². The number of hydrogen-bond donors (Lipinski definition) is 1. The molecule has 1 saturated heterocycles. The van der Waals surface area contributed by atoms with E-state index in [4.69, 9.17) is 4.98 Å². The molecule has 5 nitrogen and oxygen atoms in total. The van der Waals surface area contributed by atoms with Crippen LogP contribution < -0.4 is 5.32 Å². The molecule has 2 aromatic heterocycles. The maximum Gasteiger partial charge on any atom is 0.204 e. The van der Waals surface area contributed by atoms with Gasteiger partial charge in [-0.2, -0.15) is 0 Å². The number of pyridine rings is 1. The van der Waals surface area contributed by atoms with Gasteiger partial charge in [0.05, 0.1) is 23.3 Å². The highest BCUT2D eigenvalue weighted by molar-refractivity contribution is 14.1. The topological polar surface area (TPSA) is 46.0 Å². The zero-order valence-corrected chi connectivity index (χ0v) is 16.3. The lowest BCUT2D eigenvalue weighted by molar-refractivity contribution is 0.314. The van der Waals surface area contributed by atoms with Gasteiger partial charge in [0.25, 0.3) is 0 Å². The normalized spacial score (nSPS) is 18.5. The van der Waals surface area contributed by atoms with E-state index < -0.39 is 0 Å². The minimum absolute atomic E-state index is 0.675. The highest BCUT2D eigenvalue weighted by Gasteiger charge is 2.19. The molecule has 1 N–H and O–H groups in total. The summed E-state index contributed by atoms with van der Waals surface area (Å²) in [5.74, 6) is 1.62. The number of piperidine rings is 1. The first kappa shape index (κ1) is 16.8. The highest BCUT2D eigenvalue weighted by Crippen LogP contribution is 2.23. The van der Waals surface area contributed by atoms with Crippen LogP contribution in [0.25, 0.3) is 11.0 Å². The maximum atomic E-state index is 4.82. The molecule has 0 radical (unpaired) electrons. The predicted octanol–water partition coefficient (Wildman–Crippen LogP) is 3.95. The van der Waals surface area contributed by atoms with E-state index in [-0.39, 0.29) is 0 Å². The Morgan fingerprint density at radius 2 is 2.04 bits per heavy atom. The summed E-state index contributed by atoms with van der Waals surface area (Å²) in [5, 5.41) is 3.61. The molecule has 25 heavy (non-hydrogen) atoms. The van der Waals surface area contributed by atoms with Gasteiger partial charge in [0.2, 0.25) is 5.95 Å². The lowest BCUT2D eigenvalue weighted by Gasteiger charge is -2.28. The van der Waals surface area contributed by atoms with Crippen LogP contribution in [0.3, 0.4) is 0 Å². The molecule has 3 heterocycles. The molecule has 0 aliphatic carbocycles. The van der Waals surface area contributed by atoms with Gasteiger partial charge in [0.1, 0.15) is 0 Å². The molecule has 1 aliphatic heterocycles. The summed E-state index contributed by atoms with van der Waals surface area (Å²) < 4.78 is 4.63. The Labute approximate surface area is 162 Å². The van der Waals surface area contributed by atoms with Gasteiger partial charge in [-0.05, 0) is 43.0 Å². The van der Waals surface area contributed by atoms with Crippen molar-refractivity contribution in [2.24, 2.45) is 5.92 Å². The van der Waals surface area contributed by atoms with Crippen LogP contribution in [0.4, 0.5) is 5.95 Å². The van der Waals surface area contributed by atoms with Crippen molar-refractivity contribution in [1.82, 2.24) is 17.6 Å². The zero-order valence-electron chi connectivity index (χ0n) is 14.1. The molecule has 130 valence electrons. The molecule has 1 aliphatic rings. The number of rotatable bonds is 5. The molecular weight excluding hydrogens is 425 g/mol. The number of anilines is 1. The van der Waals surface area contributed by atoms with E-state index in [1.807, 2.05) is 24.4 Å². The summed E-state index contributed by atoms with van der Waals surface area (Å²) >= 11 is 2.44. The Balaban J connectivity index is 1.58. The third-order valence-corrected chi connectivity index (χ3v) is 5.60. The number of para-hydroxylation sites is 2. The number of fused-ring (bicyclic) bond motifs is 1. The second kappa shape index (κ2) is 7.70. The summed E-state index contributed by atoms with van der Waals surface area (Å²) in [6, 6.07) is 14.4. The first-order chi connectivity index (χ1) is 12.3. The lowest BCUT2D eigenvalue weighted by Crippen LogP contribution is -2.32. The van der Waals surface area contributed by atoms with Gasteiger partial charge in [0.15, 0.2) is 0 Å². The first-order valence-corrected chi connectivity index (χ1v) is 9.76. The quantitative estimate of drug-likeness (QED) is 0.475. The third kappa shape index (κ3) is 3.95. The SMILES string of the molecule is IN1CCCC(CNc2nc3ccccc3n2Cc2ccccn2)C1. The van der Waals surface area contributed by atoms with E-state index in [0.29, 0.717) is 5.92 Å². The number of aromatic nitrogens is 3. The van der Waals surface area contributed by atoms with Crippen LogP contribution in [-0.4, -0.2) is 37.3 Å². The molecule has 0 spiro atoms. The highest BCUT2D eigenvalue weighted by atomic mass is 127. The fraction of sp³-hybridized carbons (Fsp3) is 0.368. The standard InChI is InChI=1S/C19H22IN5/c20-24-11-5-6-15(13-24)12-22-19-23-17-8-1-2-9-18(17)25(19)14-16-7-3-4-10-21-16/h1-4,7-10,15H,5-6,11-14H2,(H,22,23). The van der Waals surface area contributed by atoms with Gasteiger partial charge in [-0.15, -0.1) is 0 Å². The van der Waals surface area contributed by atoms with Crippen LogP contribution >= 0.6 is 22.9 Å². The maximum absolute atomic E-state index is 4.82. The van der Waals surface area contributed by atoms with E-state index in [1.165, 1.54) is 19.4 Å². The van der Waals surface area contributed by atoms with E-state index >= 15 is 0 Å². The van der Waals surface area contributed by atoms with E-state index in [1.54, 1.807) is 0 Å². The average Bonchev–Trinajstić information content (AvgIpc) is 2.99. The molecule has 6 heteroatoms. The number of nitrogens with one attached hydrogen (secondary N) is 1. The van der Waals surface area contributed by atoms with Crippen LogP contribution in [-0.2, 0) is 6.54 Å². The van der Waals surface area contributed by atoms with Crippen LogP contribution in [0.1, 0.15) is 18.5 Å². The van der Waals surface area contributed by atoms with Crippen LogP contribution in [0.2, 0.25) is 0 Å². The molecule has 1 fully saturated rings. The number of hydrogen-bond acceptors (Lipinski definition) is 4. The van der Waals surface area contributed by atoms with Crippen LogP contribution in [0, 0.1) is 5.92 Å². The minimum atomic E-state index is 0.675. The smallest absolute Gasteiger partial charge is 0.204 e. The molecule has 0 amide bonds. The number of benzene rings is 1. The monoisotopic (exact) mass is 447 g/mol. The Hall–Kier alpha value is -1.67. The van der Waals surface area contributed by atoms with Gasteiger partial charge in [-0.1, -0.05) is 18.2 Å². The van der Waals surface area contributed by atoms with Gasteiger partial charge < -0.3 is 9.88 Å². The molecule has 4 rings (SSSR count). The largest absolute Gasteiger partial charge is 0.355 e. The fourth-order valence-corrected chi connectivity index (χ4v) is 4.34. The molecule has 3 aromatic rings. The van der Waals surface area contributed by atoms with Gasteiger partial charge in [-0.3, -0.25) is 4.98 Å². The summed E-state index contributed by atoms with van der Waals surface area (Å²) in [6.07, 6.45) is 4.41. The summed E-state index contributed by atoms with van der Waals surface area (Å²) in [4.78, 5) is 9.30. The number of halogens is 1. The summed E-state index contributed by atoms with van der Waals surface area (Å²) in [7, 11) is 0. The van der Waals surface area contributed by atoms with Crippen molar-refractivity contribution < 1.29 is 0 Å². The van der Waals surface area contributed by atoms with Crippen LogP contribution in [0.15, 0.2) is 48.7 Å². The molecule has 0 bridgehead atoms. The second-order valence-corrected chi connectivity index (χ2v) is 7.95. The lowest BCUT2D eigenvalue weighted by atomic mass is 10.00. The minimum Gasteiger partial charge on any atom is -0.355 e. The van der Waals surface area contributed by atoms with E-state index in [9.17, 15) is 0 Å². The molecule has 1 unspecified atom stereocenters. The van der Waals surface area contributed by atoms with Gasteiger partial charge >= 0.3 is 0 Å². The Kier molecular flexibility index (Phi) is 5.17. The fourth-order valence-electron chi connectivity index (χ4n) is 3.44. The Morgan fingerprint density at radius 1 is 1.16 bits per heavy atom. The van der Waals surface area contributed by atoms with Gasteiger partial charge in [-0.25, -0.2) is 8.10 Å². The predicted molar refractivity (Wildman–Crippen MR) is 110 cm³/mol. The summed E-state index contributed by atoms with van der Waals surface area (Å²) in [5.41, 5.74) is 3.22. The van der Waals surface area contributed by atoms with Crippen molar-refractivity contribution >= 4 is 39.8 Å². The van der Waals surface area contributed by atoms with E-state index in [2.05, 4.69) is 65.1 Å². The number of nitrogens with zero attached hydrogens (tertiary/aromatic N) is 4. The van der Waals surface area contributed by atoms with Crippen molar-refractivity contribution in [3.63, 3.8) is 0 Å². The Morgan fingerprint density at radius 3 is 2.88 bits per heavy atom. The summed E-state index contributed by atoms with van der Waals surface area (Å²) in [6.45, 7) is 4.04. The first-order valence-electron chi connectivity index (χ1n) is 8.79. The van der Waals surface area contributed by atoms with Crippen molar-refractivity contribution in [3.8, 4) is 0 Å². The van der Waals surface area contributed by atoms with Crippen molar-refractivity contribution in [2.75, 3.05) is 25.0 Å². The number of imidazole rings is 1. The van der Waals surface area contributed by atoms with Crippen molar-refractivity contribution in [2.45, 2.75) is 19.4 Å². The van der Waals surface area contributed by atoms with Crippen molar-refractivity contribution in [1.29, 1.82) is 0 Å². The molecule has 1 aromatic carbocycles. The van der Waals surface area contributed by atoms with E-state index in [0.717, 1.165) is 42.3 Å². The zero-order chi connectivity index (χ0) is 17.1. The third-order valence-electron chi connectivity index (χ3n) is 4.72. The van der Waals surface area contributed by atoms with Crippen LogP contribution in [0.5, 0.6) is 0 Å². The molecule has 1 atom stereocenters. The molecule has 0 saturated carbocycles. The molecular formula is C19H22IN5. The van der Waals surface area contributed by atoms with Gasteiger partial charge in [0, 0.05) is 48.7 Å².